The van der Waals surface area contributed by atoms with Crippen LogP contribution in [0, 0.1) is 0 Å². The molecule has 0 aliphatic heterocycles. The van der Waals surface area contributed by atoms with Crippen molar-refractivity contribution < 1.29 is 9.47 Å². The molecule has 0 bridgehead atoms. The van der Waals surface area contributed by atoms with E-state index in [9.17, 15) is 0 Å². The predicted octanol–water partition coefficient (Wildman–Crippen LogP) is 4.80. The second-order valence-corrected chi connectivity index (χ2v) is 5.46. The summed E-state index contributed by atoms with van der Waals surface area (Å²) in [5.41, 5.74) is 1.11. The molecule has 0 saturated carbocycles. The van der Waals surface area contributed by atoms with Gasteiger partial charge in [0.15, 0.2) is 11.5 Å². The van der Waals surface area contributed by atoms with Crippen LogP contribution in [-0.2, 0) is 6.61 Å². The van der Waals surface area contributed by atoms with Crippen LogP contribution in [0.4, 0.5) is 0 Å². The van der Waals surface area contributed by atoms with Crippen molar-refractivity contribution in [1.82, 2.24) is 0 Å². The van der Waals surface area contributed by atoms with E-state index in [4.69, 9.17) is 9.47 Å². The van der Waals surface area contributed by atoms with E-state index in [-0.39, 0.29) is 0 Å². The van der Waals surface area contributed by atoms with E-state index in [0.717, 1.165) is 26.0 Å². The number of ether oxygens (including phenoxy) is 2. The second kappa shape index (κ2) is 6.25. The lowest BCUT2D eigenvalue weighted by Crippen LogP contribution is -1.98. The van der Waals surface area contributed by atoms with Gasteiger partial charge in [0.25, 0.3) is 0 Å². The average molecular weight is 372 g/mol. The summed E-state index contributed by atoms with van der Waals surface area (Å²) in [5, 5.41) is 0. The highest BCUT2D eigenvalue weighted by molar-refractivity contribution is 9.10. The summed E-state index contributed by atoms with van der Waals surface area (Å²) in [6, 6.07) is 13.8. The molecule has 0 aliphatic carbocycles. The second-order valence-electron chi connectivity index (χ2n) is 3.69. The fourth-order valence-electron chi connectivity index (χ4n) is 1.53. The Morgan fingerprint density at radius 2 is 1.72 bits per heavy atom. The van der Waals surface area contributed by atoms with Crippen LogP contribution in [0.15, 0.2) is 51.4 Å². The zero-order chi connectivity index (χ0) is 13.0. The molecule has 0 N–H and O–H groups in total. The van der Waals surface area contributed by atoms with Gasteiger partial charge in [0.2, 0.25) is 0 Å². The van der Waals surface area contributed by atoms with Crippen LogP contribution in [0.2, 0.25) is 0 Å². The summed E-state index contributed by atoms with van der Waals surface area (Å²) in [5.74, 6) is 1.45. The van der Waals surface area contributed by atoms with Gasteiger partial charge in [-0.3, -0.25) is 0 Å². The number of rotatable bonds is 4. The molecule has 0 atom stereocenters. The predicted molar refractivity (Wildman–Crippen MR) is 79.2 cm³/mol. The summed E-state index contributed by atoms with van der Waals surface area (Å²) in [4.78, 5) is 0. The summed E-state index contributed by atoms with van der Waals surface area (Å²) < 4.78 is 13.0. The Labute approximate surface area is 123 Å². The Bertz CT molecular complexity index is 524. The van der Waals surface area contributed by atoms with E-state index in [0.29, 0.717) is 6.61 Å². The molecule has 2 aromatic rings. The third kappa shape index (κ3) is 3.27. The molecule has 0 amide bonds. The van der Waals surface area contributed by atoms with Crippen LogP contribution >= 0.6 is 31.9 Å². The van der Waals surface area contributed by atoms with Crippen LogP contribution in [0.5, 0.6) is 11.5 Å². The number of halogens is 2. The van der Waals surface area contributed by atoms with Gasteiger partial charge in [-0.15, -0.1) is 0 Å². The fraction of sp³-hybridized carbons (Fsp3) is 0.143. The van der Waals surface area contributed by atoms with Gasteiger partial charge >= 0.3 is 0 Å². The molecular formula is C14H12Br2O2. The van der Waals surface area contributed by atoms with Crippen LogP contribution in [0.25, 0.3) is 0 Å². The Kier molecular flexibility index (Phi) is 4.66. The zero-order valence-corrected chi connectivity index (χ0v) is 13.0. The maximum atomic E-state index is 5.80. The van der Waals surface area contributed by atoms with Gasteiger partial charge in [-0.2, -0.15) is 0 Å². The molecule has 0 fully saturated rings. The SMILES string of the molecule is COc1cccc(Br)c1OCc1ccc(Br)cc1. The van der Waals surface area contributed by atoms with E-state index in [1.54, 1.807) is 7.11 Å². The van der Waals surface area contributed by atoms with Gasteiger partial charge in [-0.05, 0) is 45.8 Å². The zero-order valence-electron chi connectivity index (χ0n) is 9.82. The highest BCUT2D eigenvalue weighted by Gasteiger charge is 2.08. The number of benzene rings is 2. The van der Waals surface area contributed by atoms with E-state index >= 15 is 0 Å². The Morgan fingerprint density at radius 3 is 2.39 bits per heavy atom. The molecule has 94 valence electrons. The Balaban J connectivity index is 2.12. The van der Waals surface area contributed by atoms with Crippen LogP contribution in [0.1, 0.15) is 5.56 Å². The largest absolute Gasteiger partial charge is 0.493 e. The first-order valence-corrected chi connectivity index (χ1v) is 6.99. The normalized spacial score (nSPS) is 10.2. The number of methoxy groups -OCH3 is 1. The third-order valence-electron chi connectivity index (χ3n) is 2.45. The first-order valence-electron chi connectivity index (χ1n) is 5.40. The lowest BCUT2D eigenvalue weighted by atomic mass is 10.2. The summed E-state index contributed by atoms with van der Waals surface area (Å²) >= 11 is 6.87. The highest BCUT2D eigenvalue weighted by atomic mass is 79.9. The standard InChI is InChI=1S/C14H12Br2O2/c1-17-13-4-2-3-12(16)14(13)18-9-10-5-7-11(15)8-6-10/h2-8H,9H2,1H3. The van der Waals surface area contributed by atoms with Crippen molar-refractivity contribution in [3.8, 4) is 11.5 Å². The molecule has 18 heavy (non-hydrogen) atoms. The molecule has 0 aliphatic rings. The van der Waals surface area contributed by atoms with E-state index < -0.39 is 0 Å². The number of hydrogen-bond donors (Lipinski definition) is 0. The molecule has 2 nitrogen and oxygen atoms in total. The molecule has 0 aromatic heterocycles. The lowest BCUT2D eigenvalue weighted by Gasteiger charge is -2.12. The molecule has 2 rings (SSSR count). The molecule has 0 radical (unpaired) electrons. The monoisotopic (exact) mass is 370 g/mol. The van der Waals surface area contributed by atoms with Crippen molar-refractivity contribution >= 4 is 31.9 Å². The van der Waals surface area contributed by atoms with E-state index in [1.807, 2.05) is 42.5 Å². The minimum absolute atomic E-state index is 0.506. The minimum atomic E-state index is 0.506. The Morgan fingerprint density at radius 1 is 1.00 bits per heavy atom. The smallest absolute Gasteiger partial charge is 0.175 e. The highest BCUT2D eigenvalue weighted by Crippen LogP contribution is 2.35. The van der Waals surface area contributed by atoms with Crippen molar-refractivity contribution in [2.24, 2.45) is 0 Å². The quantitative estimate of drug-likeness (QED) is 0.768. The number of hydrogen-bond acceptors (Lipinski definition) is 2. The van der Waals surface area contributed by atoms with Crippen LogP contribution in [-0.4, -0.2) is 7.11 Å². The van der Waals surface area contributed by atoms with Crippen molar-refractivity contribution in [3.05, 3.63) is 57.0 Å². The first-order chi connectivity index (χ1) is 8.70. The minimum Gasteiger partial charge on any atom is -0.493 e. The molecule has 0 spiro atoms. The average Bonchev–Trinajstić information content (AvgIpc) is 2.39. The summed E-state index contributed by atoms with van der Waals surface area (Å²) in [6.07, 6.45) is 0. The Hall–Kier alpha value is -1.00. The molecule has 0 saturated heterocycles. The van der Waals surface area contributed by atoms with Crippen molar-refractivity contribution in [2.45, 2.75) is 6.61 Å². The molecule has 0 heterocycles. The van der Waals surface area contributed by atoms with Gasteiger partial charge in [0.1, 0.15) is 6.61 Å². The molecular weight excluding hydrogens is 360 g/mol. The molecule has 0 unspecified atom stereocenters. The maximum Gasteiger partial charge on any atom is 0.175 e. The van der Waals surface area contributed by atoms with Gasteiger partial charge in [-0.25, -0.2) is 0 Å². The van der Waals surface area contributed by atoms with Gasteiger partial charge in [-0.1, -0.05) is 34.1 Å². The van der Waals surface area contributed by atoms with Gasteiger partial charge in [0, 0.05) is 4.47 Å². The lowest BCUT2D eigenvalue weighted by molar-refractivity contribution is 0.282. The van der Waals surface area contributed by atoms with E-state index in [1.165, 1.54) is 0 Å². The van der Waals surface area contributed by atoms with Crippen molar-refractivity contribution in [1.29, 1.82) is 0 Å². The van der Waals surface area contributed by atoms with Gasteiger partial charge in [0.05, 0.1) is 11.6 Å². The summed E-state index contributed by atoms with van der Waals surface area (Å²) in [6.45, 7) is 0.506. The van der Waals surface area contributed by atoms with Crippen molar-refractivity contribution in [2.75, 3.05) is 7.11 Å². The van der Waals surface area contributed by atoms with E-state index in [2.05, 4.69) is 31.9 Å². The van der Waals surface area contributed by atoms with Crippen molar-refractivity contribution in [3.63, 3.8) is 0 Å². The van der Waals surface area contributed by atoms with Gasteiger partial charge < -0.3 is 9.47 Å². The molecule has 2 aromatic carbocycles. The number of para-hydroxylation sites is 1. The topological polar surface area (TPSA) is 18.5 Å². The summed E-state index contributed by atoms with van der Waals surface area (Å²) in [7, 11) is 1.63. The third-order valence-corrected chi connectivity index (χ3v) is 3.60. The first kappa shape index (κ1) is 13.4. The van der Waals surface area contributed by atoms with Crippen LogP contribution in [0.3, 0.4) is 0 Å². The fourth-order valence-corrected chi connectivity index (χ4v) is 2.25. The van der Waals surface area contributed by atoms with Crippen LogP contribution < -0.4 is 9.47 Å². The molecule has 4 heteroatoms. The maximum absolute atomic E-state index is 5.80.